The summed E-state index contributed by atoms with van der Waals surface area (Å²) in [5.74, 6) is 1.04. The highest BCUT2D eigenvalue weighted by molar-refractivity contribution is 9.11. The van der Waals surface area contributed by atoms with Gasteiger partial charge in [0.15, 0.2) is 0 Å². The molecule has 0 aliphatic heterocycles. The van der Waals surface area contributed by atoms with Gasteiger partial charge in [-0.2, -0.15) is 15.0 Å². The maximum atomic E-state index is 5.38. The molecule has 6 nitrogen and oxygen atoms in total. The van der Waals surface area contributed by atoms with Gasteiger partial charge in [0.1, 0.15) is 0 Å². The van der Waals surface area contributed by atoms with E-state index in [4.69, 9.17) is 4.74 Å². The number of anilines is 2. The van der Waals surface area contributed by atoms with Crippen molar-refractivity contribution in [1.29, 1.82) is 0 Å². The summed E-state index contributed by atoms with van der Waals surface area (Å²) in [6.07, 6.45) is 1.00. The quantitative estimate of drug-likeness (QED) is 0.739. The molecular formula is C13H18BrN5OS. The molecule has 2 rings (SSSR count). The van der Waals surface area contributed by atoms with E-state index in [9.17, 15) is 0 Å². The largest absolute Gasteiger partial charge is 0.464 e. The molecule has 2 N–H and O–H groups in total. The van der Waals surface area contributed by atoms with Crippen molar-refractivity contribution < 1.29 is 4.74 Å². The van der Waals surface area contributed by atoms with Crippen LogP contribution in [0.1, 0.15) is 25.1 Å². The van der Waals surface area contributed by atoms with Crippen LogP contribution in [0.25, 0.3) is 0 Å². The molecule has 0 unspecified atom stereocenters. The second-order valence-electron chi connectivity index (χ2n) is 4.18. The zero-order chi connectivity index (χ0) is 15.1. The van der Waals surface area contributed by atoms with Crippen molar-refractivity contribution in [2.75, 3.05) is 23.8 Å². The van der Waals surface area contributed by atoms with Gasteiger partial charge < -0.3 is 15.4 Å². The lowest BCUT2D eigenvalue weighted by atomic mass is 10.5. The molecule has 0 spiro atoms. The molecule has 0 aliphatic rings. The van der Waals surface area contributed by atoms with E-state index in [0.29, 0.717) is 31.1 Å². The fourth-order valence-electron chi connectivity index (χ4n) is 1.56. The van der Waals surface area contributed by atoms with Crippen LogP contribution in [0.3, 0.4) is 0 Å². The predicted octanol–water partition coefficient (Wildman–Crippen LogP) is 3.53. The van der Waals surface area contributed by atoms with Crippen LogP contribution in [0, 0.1) is 0 Å². The van der Waals surface area contributed by atoms with Crippen molar-refractivity contribution in [3.05, 3.63) is 20.8 Å². The van der Waals surface area contributed by atoms with Crippen molar-refractivity contribution >= 4 is 39.2 Å². The minimum atomic E-state index is 0.334. The number of rotatable bonds is 8. The fourth-order valence-corrected chi connectivity index (χ4v) is 2.98. The summed E-state index contributed by atoms with van der Waals surface area (Å²) in [6.45, 7) is 5.99. The van der Waals surface area contributed by atoms with Crippen LogP contribution in [0.15, 0.2) is 15.9 Å². The third-order valence-corrected chi connectivity index (χ3v) is 4.09. The summed E-state index contributed by atoms with van der Waals surface area (Å²) < 4.78 is 6.48. The molecule has 0 fully saturated rings. The number of halogens is 1. The fraction of sp³-hybridized carbons (Fsp3) is 0.462. The van der Waals surface area contributed by atoms with Gasteiger partial charge in [0.05, 0.1) is 16.9 Å². The van der Waals surface area contributed by atoms with Crippen molar-refractivity contribution in [3.8, 4) is 6.01 Å². The van der Waals surface area contributed by atoms with Gasteiger partial charge in [-0.05, 0) is 41.4 Å². The van der Waals surface area contributed by atoms with Crippen LogP contribution in [-0.4, -0.2) is 28.1 Å². The lowest BCUT2D eigenvalue weighted by Gasteiger charge is -2.09. The van der Waals surface area contributed by atoms with E-state index in [2.05, 4.69) is 54.5 Å². The molecule has 21 heavy (non-hydrogen) atoms. The lowest BCUT2D eigenvalue weighted by molar-refractivity contribution is 0.312. The molecule has 2 aromatic rings. The SMILES string of the molecule is CCCNc1nc(NCc2ccc(Br)s2)nc(OCC)n1. The molecule has 2 heterocycles. The monoisotopic (exact) mass is 371 g/mol. The second-order valence-corrected chi connectivity index (χ2v) is 6.73. The lowest BCUT2D eigenvalue weighted by Crippen LogP contribution is -2.11. The summed E-state index contributed by atoms with van der Waals surface area (Å²) in [4.78, 5) is 14.0. The van der Waals surface area contributed by atoms with E-state index >= 15 is 0 Å². The Balaban J connectivity index is 2.07. The number of thiophene rings is 1. The zero-order valence-electron chi connectivity index (χ0n) is 12.0. The smallest absolute Gasteiger partial charge is 0.323 e. The van der Waals surface area contributed by atoms with Gasteiger partial charge in [-0.15, -0.1) is 11.3 Å². The van der Waals surface area contributed by atoms with Gasteiger partial charge >= 0.3 is 6.01 Å². The Hall–Kier alpha value is -1.41. The first kappa shape index (κ1) is 16.0. The van der Waals surface area contributed by atoms with Gasteiger partial charge in [-0.3, -0.25) is 0 Å². The zero-order valence-corrected chi connectivity index (χ0v) is 14.4. The highest BCUT2D eigenvalue weighted by Gasteiger charge is 2.07. The number of hydrogen-bond acceptors (Lipinski definition) is 7. The van der Waals surface area contributed by atoms with Crippen LogP contribution < -0.4 is 15.4 Å². The maximum absolute atomic E-state index is 5.38. The molecular weight excluding hydrogens is 354 g/mol. The summed E-state index contributed by atoms with van der Waals surface area (Å²) in [6, 6.07) is 4.42. The minimum absolute atomic E-state index is 0.334. The Morgan fingerprint density at radius 3 is 2.52 bits per heavy atom. The molecule has 0 atom stereocenters. The number of nitrogens with one attached hydrogen (secondary N) is 2. The molecule has 0 amide bonds. The predicted molar refractivity (Wildman–Crippen MR) is 89.1 cm³/mol. The van der Waals surface area contributed by atoms with Crippen molar-refractivity contribution in [3.63, 3.8) is 0 Å². The molecule has 0 saturated heterocycles. The maximum Gasteiger partial charge on any atom is 0.323 e. The van der Waals surface area contributed by atoms with E-state index in [1.165, 1.54) is 4.88 Å². The van der Waals surface area contributed by atoms with Crippen molar-refractivity contribution in [2.24, 2.45) is 0 Å². The Morgan fingerprint density at radius 2 is 1.90 bits per heavy atom. The highest BCUT2D eigenvalue weighted by atomic mass is 79.9. The van der Waals surface area contributed by atoms with Gasteiger partial charge in [0, 0.05) is 11.4 Å². The molecule has 114 valence electrons. The van der Waals surface area contributed by atoms with E-state index in [0.717, 1.165) is 16.8 Å². The Bertz CT molecular complexity index is 577. The van der Waals surface area contributed by atoms with E-state index < -0.39 is 0 Å². The molecule has 0 radical (unpaired) electrons. The summed E-state index contributed by atoms with van der Waals surface area (Å²) >= 11 is 5.13. The van der Waals surface area contributed by atoms with Crippen LogP contribution in [0.4, 0.5) is 11.9 Å². The molecule has 0 saturated carbocycles. The molecule has 0 bridgehead atoms. The second kappa shape index (κ2) is 8.14. The molecule has 0 aromatic carbocycles. The van der Waals surface area contributed by atoms with Crippen LogP contribution in [-0.2, 0) is 6.54 Å². The van der Waals surface area contributed by atoms with Crippen molar-refractivity contribution in [2.45, 2.75) is 26.8 Å². The summed E-state index contributed by atoms with van der Waals surface area (Å²) in [7, 11) is 0. The van der Waals surface area contributed by atoms with E-state index in [1.807, 2.05) is 13.0 Å². The Kier molecular flexibility index (Phi) is 6.19. The van der Waals surface area contributed by atoms with E-state index in [1.54, 1.807) is 11.3 Å². The highest BCUT2D eigenvalue weighted by Crippen LogP contribution is 2.22. The minimum Gasteiger partial charge on any atom is -0.464 e. The van der Waals surface area contributed by atoms with Gasteiger partial charge in [-0.1, -0.05) is 6.92 Å². The Morgan fingerprint density at radius 1 is 1.14 bits per heavy atom. The summed E-state index contributed by atoms with van der Waals surface area (Å²) in [5, 5.41) is 6.35. The van der Waals surface area contributed by atoms with Crippen LogP contribution >= 0.6 is 27.3 Å². The third kappa shape index (κ3) is 5.13. The average molecular weight is 372 g/mol. The normalized spacial score (nSPS) is 10.4. The topological polar surface area (TPSA) is 72.0 Å². The standard InChI is InChI=1S/C13H18BrN5OS/c1-3-7-15-11-17-12(19-13(18-11)20-4-2)16-8-9-5-6-10(14)21-9/h5-6H,3-4,7-8H2,1-2H3,(H2,15,16,17,18,19). The average Bonchev–Trinajstić information content (AvgIpc) is 2.89. The number of aromatic nitrogens is 3. The van der Waals surface area contributed by atoms with Gasteiger partial charge in [0.2, 0.25) is 11.9 Å². The molecule has 8 heteroatoms. The first-order valence-corrected chi connectivity index (χ1v) is 8.43. The third-order valence-electron chi connectivity index (χ3n) is 2.47. The first-order valence-electron chi connectivity index (χ1n) is 6.82. The Labute approximate surface area is 136 Å². The molecule has 2 aromatic heterocycles. The first-order chi connectivity index (χ1) is 10.2. The summed E-state index contributed by atoms with van der Waals surface area (Å²) in [5.41, 5.74) is 0. The number of hydrogen-bond donors (Lipinski definition) is 2. The van der Waals surface area contributed by atoms with Crippen LogP contribution in [0.2, 0.25) is 0 Å². The van der Waals surface area contributed by atoms with Gasteiger partial charge in [-0.25, -0.2) is 0 Å². The van der Waals surface area contributed by atoms with E-state index in [-0.39, 0.29) is 0 Å². The van der Waals surface area contributed by atoms with Crippen molar-refractivity contribution in [1.82, 2.24) is 15.0 Å². The molecule has 0 aliphatic carbocycles. The number of nitrogens with zero attached hydrogens (tertiary/aromatic N) is 3. The number of ether oxygens (including phenoxy) is 1. The van der Waals surface area contributed by atoms with Crippen LogP contribution in [0.5, 0.6) is 6.01 Å². The van der Waals surface area contributed by atoms with Gasteiger partial charge in [0.25, 0.3) is 0 Å².